The molecule has 3 N–H and O–H groups in total. The van der Waals surface area contributed by atoms with Crippen LogP contribution in [0.1, 0.15) is 25.3 Å². The van der Waals surface area contributed by atoms with Gasteiger partial charge in [-0.2, -0.15) is 0 Å². The Morgan fingerprint density at radius 3 is 2.67 bits per heavy atom. The predicted molar refractivity (Wildman–Crippen MR) is 113 cm³/mol. The fraction of sp³-hybridized carbons (Fsp3) is 0.409. The number of anilines is 1. The van der Waals surface area contributed by atoms with Gasteiger partial charge in [0.15, 0.2) is 5.96 Å². The molecule has 1 aliphatic rings. The van der Waals surface area contributed by atoms with Crippen LogP contribution in [0.2, 0.25) is 0 Å². The minimum atomic E-state index is 0.316. The minimum absolute atomic E-state index is 0.316. The molecule has 0 radical (unpaired) electrons. The Kier molecular flexibility index (Phi) is 6.97. The van der Waals surface area contributed by atoms with Gasteiger partial charge in [-0.1, -0.05) is 30.3 Å². The average Bonchev–Trinajstić information content (AvgIpc) is 3.16. The van der Waals surface area contributed by atoms with E-state index >= 15 is 0 Å². The van der Waals surface area contributed by atoms with Gasteiger partial charge in [0.25, 0.3) is 0 Å². The Labute approximate surface area is 162 Å². The third-order valence-corrected chi connectivity index (χ3v) is 4.82. The van der Waals surface area contributed by atoms with E-state index in [9.17, 15) is 5.11 Å². The molecule has 1 heterocycles. The smallest absolute Gasteiger partial charge is 0.191 e. The molecule has 1 fully saturated rings. The quantitative estimate of drug-likeness (QED) is 0.400. The molecule has 0 aliphatic carbocycles. The van der Waals surface area contributed by atoms with Gasteiger partial charge in [-0.25, -0.2) is 0 Å². The number of rotatable bonds is 7. The molecule has 5 nitrogen and oxygen atoms in total. The number of nitrogens with zero attached hydrogens (tertiary/aromatic N) is 2. The summed E-state index contributed by atoms with van der Waals surface area (Å²) < 4.78 is 0. The zero-order chi connectivity index (χ0) is 18.9. The van der Waals surface area contributed by atoms with Crippen molar-refractivity contribution in [1.82, 2.24) is 10.6 Å². The molecule has 144 valence electrons. The van der Waals surface area contributed by atoms with Gasteiger partial charge in [-0.05, 0) is 56.0 Å². The van der Waals surface area contributed by atoms with E-state index in [1.807, 2.05) is 12.1 Å². The molecule has 1 unspecified atom stereocenters. The summed E-state index contributed by atoms with van der Waals surface area (Å²) in [4.78, 5) is 7.16. The second-order valence-electron chi connectivity index (χ2n) is 6.94. The van der Waals surface area contributed by atoms with Gasteiger partial charge < -0.3 is 20.6 Å². The number of phenolic OH excluding ortho intramolecular Hbond substituents is 1. The van der Waals surface area contributed by atoms with Crippen LogP contribution < -0.4 is 15.5 Å². The summed E-state index contributed by atoms with van der Waals surface area (Å²) >= 11 is 0. The van der Waals surface area contributed by atoms with Crippen molar-refractivity contribution in [3.8, 4) is 5.75 Å². The van der Waals surface area contributed by atoms with Gasteiger partial charge in [-0.3, -0.25) is 4.99 Å². The minimum Gasteiger partial charge on any atom is -0.508 e. The Hall–Kier alpha value is -2.69. The summed E-state index contributed by atoms with van der Waals surface area (Å²) in [5, 5.41) is 16.3. The average molecular weight is 367 g/mol. The van der Waals surface area contributed by atoms with Crippen molar-refractivity contribution in [3.05, 3.63) is 60.2 Å². The van der Waals surface area contributed by atoms with E-state index < -0.39 is 0 Å². The zero-order valence-electron chi connectivity index (χ0n) is 16.1. The Morgan fingerprint density at radius 1 is 1.15 bits per heavy atom. The summed E-state index contributed by atoms with van der Waals surface area (Å²) in [6.45, 7) is 5.81. The van der Waals surface area contributed by atoms with Crippen LogP contribution in [0.5, 0.6) is 5.75 Å². The third-order valence-electron chi connectivity index (χ3n) is 4.82. The van der Waals surface area contributed by atoms with Crippen molar-refractivity contribution in [2.75, 3.05) is 31.1 Å². The number of guanidine groups is 1. The van der Waals surface area contributed by atoms with Crippen molar-refractivity contribution in [2.45, 2.75) is 32.2 Å². The molecule has 27 heavy (non-hydrogen) atoms. The first-order valence-corrected chi connectivity index (χ1v) is 9.87. The number of phenols is 1. The van der Waals surface area contributed by atoms with Crippen LogP contribution in [-0.4, -0.2) is 43.3 Å². The number of hydrogen-bond donors (Lipinski definition) is 3. The first-order chi connectivity index (χ1) is 13.2. The highest BCUT2D eigenvalue weighted by molar-refractivity contribution is 5.80. The highest BCUT2D eigenvalue weighted by atomic mass is 16.3. The lowest BCUT2D eigenvalue weighted by atomic mass is 10.1. The largest absolute Gasteiger partial charge is 0.508 e. The predicted octanol–water partition coefficient (Wildman–Crippen LogP) is 3.16. The maximum absolute atomic E-state index is 9.35. The number of para-hydroxylation sites is 1. The van der Waals surface area contributed by atoms with Crippen LogP contribution in [0.15, 0.2) is 59.6 Å². The van der Waals surface area contributed by atoms with Gasteiger partial charge in [-0.15, -0.1) is 0 Å². The number of aryl methyl sites for hydroxylation is 1. The lowest BCUT2D eigenvalue weighted by molar-refractivity contribution is 0.475. The highest BCUT2D eigenvalue weighted by Crippen LogP contribution is 2.19. The molecule has 0 spiro atoms. The second kappa shape index (κ2) is 9.86. The summed E-state index contributed by atoms with van der Waals surface area (Å²) in [7, 11) is 0. The van der Waals surface area contributed by atoms with Crippen molar-refractivity contribution >= 4 is 11.6 Å². The molecule has 5 heteroatoms. The van der Waals surface area contributed by atoms with Gasteiger partial charge in [0.1, 0.15) is 5.75 Å². The van der Waals surface area contributed by atoms with Gasteiger partial charge in [0.05, 0.1) is 0 Å². The topological polar surface area (TPSA) is 59.9 Å². The summed E-state index contributed by atoms with van der Waals surface area (Å²) in [5.74, 6) is 1.22. The standard InChI is InChI=1S/C22H30N4O/c1-2-23-22(24-15-6-7-18-10-12-21(27)13-11-18)25-19-14-16-26(17-19)20-8-4-3-5-9-20/h3-5,8-13,19,27H,2,6-7,14-17H2,1H3,(H2,23,24,25). The number of nitrogens with one attached hydrogen (secondary N) is 2. The van der Waals surface area contributed by atoms with Gasteiger partial charge in [0, 0.05) is 37.9 Å². The van der Waals surface area contributed by atoms with Crippen LogP contribution in [0.4, 0.5) is 5.69 Å². The molecule has 0 saturated carbocycles. The SMILES string of the molecule is CCNC(=NCCCc1ccc(O)cc1)NC1CCN(c2ccccc2)C1. The molecule has 1 aliphatic heterocycles. The maximum atomic E-state index is 9.35. The fourth-order valence-electron chi connectivity index (χ4n) is 3.40. The van der Waals surface area contributed by atoms with E-state index in [1.165, 1.54) is 11.3 Å². The van der Waals surface area contributed by atoms with Crippen molar-refractivity contribution < 1.29 is 5.11 Å². The molecule has 1 atom stereocenters. The first kappa shape index (κ1) is 19.1. The fourth-order valence-corrected chi connectivity index (χ4v) is 3.40. The molecule has 0 aromatic heterocycles. The normalized spacial score (nSPS) is 17.1. The van der Waals surface area contributed by atoms with E-state index in [-0.39, 0.29) is 0 Å². The van der Waals surface area contributed by atoms with E-state index in [0.717, 1.165) is 51.4 Å². The number of aliphatic imine (C=N–C) groups is 1. The molecule has 1 saturated heterocycles. The van der Waals surface area contributed by atoms with Crippen LogP contribution in [0.3, 0.4) is 0 Å². The second-order valence-corrected chi connectivity index (χ2v) is 6.94. The third kappa shape index (κ3) is 5.91. The van der Waals surface area contributed by atoms with Crippen LogP contribution in [-0.2, 0) is 6.42 Å². The Bertz CT molecular complexity index is 715. The van der Waals surface area contributed by atoms with Crippen LogP contribution in [0, 0.1) is 0 Å². The molecule has 0 bridgehead atoms. The number of hydrogen-bond acceptors (Lipinski definition) is 3. The van der Waals surface area contributed by atoms with Gasteiger partial charge in [0.2, 0.25) is 0 Å². The Balaban J connectivity index is 1.47. The molecule has 3 rings (SSSR count). The van der Waals surface area contributed by atoms with Crippen molar-refractivity contribution in [2.24, 2.45) is 4.99 Å². The summed E-state index contributed by atoms with van der Waals surface area (Å²) in [6, 6.07) is 18.4. The van der Waals surface area contributed by atoms with E-state index in [4.69, 9.17) is 4.99 Å². The van der Waals surface area contributed by atoms with Crippen LogP contribution in [0.25, 0.3) is 0 Å². The first-order valence-electron chi connectivity index (χ1n) is 9.87. The zero-order valence-corrected chi connectivity index (χ0v) is 16.1. The summed E-state index contributed by atoms with van der Waals surface area (Å²) in [5.41, 5.74) is 2.52. The number of aromatic hydroxyl groups is 1. The molecular weight excluding hydrogens is 336 g/mol. The number of benzene rings is 2. The summed E-state index contributed by atoms with van der Waals surface area (Å²) in [6.07, 6.45) is 3.07. The monoisotopic (exact) mass is 366 g/mol. The van der Waals surface area contributed by atoms with E-state index in [0.29, 0.717) is 11.8 Å². The van der Waals surface area contributed by atoms with Crippen LogP contribution >= 0.6 is 0 Å². The van der Waals surface area contributed by atoms with E-state index in [1.54, 1.807) is 12.1 Å². The highest BCUT2D eigenvalue weighted by Gasteiger charge is 2.23. The van der Waals surface area contributed by atoms with Crippen molar-refractivity contribution in [1.29, 1.82) is 0 Å². The van der Waals surface area contributed by atoms with E-state index in [2.05, 4.69) is 52.8 Å². The lowest BCUT2D eigenvalue weighted by Crippen LogP contribution is -2.44. The molecule has 2 aromatic carbocycles. The maximum Gasteiger partial charge on any atom is 0.191 e. The van der Waals surface area contributed by atoms with Gasteiger partial charge >= 0.3 is 0 Å². The molecule has 2 aromatic rings. The molecule has 0 amide bonds. The molecular formula is C22H30N4O. The van der Waals surface area contributed by atoms with Crippen molar-refractivity contribution in [3.63, 3.8) is 0 Å². The Morgan fingerprint density at radius 2 is 1.93 bits per heavy atom. The lowest BCUT2D eigenvalue weighted by Gasteiger charge is -2.20.